The van der Waals surface area contributed by atoms with Gasteiger partial charge in [-0.2, -0.15) is 0 Å². The molecule has 0 bridgehead atoms. The molecule has 0 fully saturated rings. The van der Waals surface area contributed by atoms with Gasteiger partial charge in [-0.3, -0.25) is 0 Å². The second-order valence-corrected chi connectivity index (χ2v) is 4.41. The summed E-state index contributed by atoms with van der Waals surface area (Å²) < 4.78 is 5.18. The zero-order valence-electron chi connectivity index (χ0n) is 10.8. The lowest BCUT2D eigenvalue weighted by Gasteiger charge is -2.29. The van der Waals surface area contributed by atoms with E-state index in [1.54, 1.807) is 7.11 Å². The number of ether oxygens (including phenoxy) is 1. The summed E-state index contributed by atoms with van der Waals surface area (Å²) in [4.78, 5) is 2.38. The van der Waals surface area contributed by atoms with E-state index >= 15 is 0 Å². The van der Waals surface area contributed by atoms with E-state index in [0.29, 0.717) is 0 Å². The predicted octanol–water partition coefficient (Wildman–Crippen LogP) is 2.52. The maximum atomic E-state index is 5.18. The van der Waals surface area contributed by atoms with E-state index in [1.807, 2.05) is 0 Å². The lowest BCUT2D eigenvalue weighted by molar-refractivity contribution is 0.205. The fourth-order valence-electron chi connectivity index (χ4n) is 2.41. The van der Waals surface area contributed by atoms with E-state index in [1.165, 1.54) is 29.8 Å². The number of likely N-dealkylation sites (N-methyl/N-ethyl adjacent to an activating group) is 1. The zero-order valence-corrected chi connectivity index (χ0v) is 10.8. The molecular formula is C14H22N2O. The standard InChI is InChI=1S/C14H22N2O/c1-3-16(10-11-17-2)13-8-4-6-12-7-5-9-15-14(12)13/h4,6,8,15H,3,5,7,9-11H2,1-2H3. The minimum Gasteiger partial charge on any atom is -0.383 e. The van der Waals surface area contributed by atoms with Gasteiger partial charge in [-0.05, 0) is 31.4 Å². The van der Waals surface area contributed by atoms with Crippen molar-refractivity contribution in [3.8, 4) is 0 Å². The monoisotopic (exact) mass is 234 g/mol. The van der Waals surface area contributed by atoms with Crippen LogP contribution in [0.3, 0.4) is 0 Å². The third-order valence-corrected chi connectivity index (χ3v) is 3.34. The molecule has 3 nitrogen and oxygen atoms in total. The normalized spacial score (nSPS) is 14.0. The molecule has 1 aliphatic heterocycles. The van der Waals surface area contributed by atoms with Crippen molar-refractivity contribution in [1.82, 2.24) is 0 Å². The van der Waals surface area contributed by atoms with Crippen molar-refractivity contribution in [2.75, 3.05) is 43.6 Å². The number of anilines is 2. The van der Waals surface area contributed by atoms with Gasteiger partial charge >= 0.3 is 0 Å². The Bertz CT molecular complexity index is 365. The van der Waals surface area contributed by atoms with E-state index < -0.39 is 0 Å². The Morgan fingerprint density at radius 2 is 2.29 bits per heavy atom. The minimum atomic E-state index is 0.775. The molecule has 0 saturated heterocycles. The van der Waals surface area contributed by atoms with Gasteiger partial charge in [0.15, 0.2) is 0 Å². The number of rotatable bonds is 5. The van der Waals surface area contributed by atoms with E-state index in [-0.39, 0.29) is 0 Å². The highest BCUT2D eigenvalue weighted by atomic mass is 16.5. The van der Waals surface area contributed by atoms with Crippen molar-refractivity contribution in [3.05, 3.63) is 23.8 Å². The van der Waals surface area contributed by atoms with Crippen molar-refractivity contribution < 1.29 is 4.74 Å². The van der Waals surface area contributed by atoms with Crippen LogP contribution in [0.2, 0.25) is 0 Å². The Labute approximate surface area is 104 Å². The second kappa shape index (κ2) is 5.92. The van der Waals surface area contributed by atoms with Gasteiger partial charge in [0.2, 0.25) is 0 Å². The number of hydrogen-bond donors (Lipinski definition) is 1. The Hall–Kier alpha value is -1.22. The van der Waals surface area contributed by atoms with Crippen LogP contribution in [0, 0.1) is 0 Å². The van der Waals surface area contributed by atoms with Crippen molar-refractivity contribution in [1.29, 1.82) is 0 Å². The van der Waals surface area contributed by atoms with Crippen LogP contribution in [-0.2, 0) is 11.2 Å². The topological polar surface area (TPSA) is 24.5 Å². The summed E-state index contributed by atoms with van der Waals surface area (Å²) >= 11 is 0. The smallest absolute Gasteiger partial charge is 0.0637 e. The molecule has 0 unspecified atom stereocenters. The predicted molar refractivity (Wildman–Crippen MR) is 73.0 cm³/mol. The number of aryl methyl sites for hydroxylation is 1. The molecular weight excluding hydrogens is 212 g/mol. The van der Waals surface area contributed by atoms with Gasteiger partial charge in [-0.1, -0.05) is 12.1 Å². The van der Waals surface area contributed by atoms with Crippen molar-refractivity contribution in [3.63, 3.8) is 0 Å². The van der Waals surface area contributed by atoms with Crippen LogP contribution in [0.5, 0.6) is 0 Å². The molecule has 1 aromatic rings. The fraction of sp³-hybridized carbons (Fsp3) is 0.571. The Morgan fingerprint density at radius 1 is 1.41 bits per heavy atom. The van der Waals surface area contributed by atoms with Crippen LogP contribution in [0.4, 0.5) is 11.4 Å². The van der Waals surface area contributed by atoms with Gasteiger partial charge in [0, 0.05) is 26.7 Å². The number of para-hydroxylation sites is 1. The quantitative estimate of drug-likeness (QED) is 0.847. The maximum absolute atomic E-state index is 5.18. The molecule has 0 aliphatic carbocycles. The zero-order chi connectivity index (χ0) is 12.1. The Balaban J connectivity index is 2.23. The minimum absolute atomic E-state index is 0.775. The molecule has 0 amide bonds. The molecule has 1 heterocycles. The number of nitrogens with one attached hydrogen (secondary N) is 1. The molecule has 2 rings (SSSR count). The van der Waals surface area contributed by atoms with Gasteiger partial charge in [0.25, 0.3) is 0 Å². The lowest BCUT2D eigenvalue weighted by atomic mass is 10.0. The lowest BCUT2D eigenvalue weighted by Crippen LogP contribution is -2.28. The largest absolute Gasteiger partial charge is 0.383 e. The summed E-state index contributed by atoms with van der Waals surface area (Å²) in [6.07, 6.45) is 2.43. The average Bonchev–Trinajstić information content (AvgIpc) is 2.40. The van der Waals surface area contributed by atoms with E-state index in [2.05, 4.69) is 35.3 Å². The van der Waals surface area contributed by atoms with Crippen LogP contribution in [0.1, 0.15) is 18.9 Å². The first-order chi connectivity index (χ1) is 8.36. The highest BCUT2D eigenvalue weighted by molar-refractivity contribution is 5.74. The van der Waals surface area contributed by atoms with Crippen LogP contribution < -0.4 is 10.2 Å². The summed E-state index contributed by atoms with van der Waals surface area (Å²) in [7, 11) is 1.76. The fourth-order valence-corrected chi connectivity index (χ4v) is 2.41. The highest BCUT2D eigenvalue weighted by Crippen LogP contribution is 2.32. The van der Waals surface area contributed by atoms with Gasteiger partial charge < -0.3 is 15.0 Å². The van der Waals surface area contributed by atoms with Gasteiger partial charge in [-0.15, -0.1) is 0 Å². The number of benzene rings is 1. The Morgan fingerprint density at radius 3 is 3.06 bits per heavy atom. The van der Waals surface area contributed by atoms with Gasteiger partial charge in [0.1, 0.15) is 0 Å². The molecule has 17 heavy (non-hydrogen) atoms. The van der Waals surface area contributed by atoms with Gasteiger partial charge in [-0.25, -0.2) is 0 Å². The summed E-state index contributed by atoms with van der Waals surface area (Å²) in [5.41, 5.74) is 4.10. The molecule has 94 valence electrons. The van der Waals surface area contributed by atoms with E-state index in [0.717, 1.165) is 26.2 Å². The number of hydrogen-bond acceptors (Lipinski definition) is 3. The SMILES string of the molecule is CCN(CCOC)c1cccc2c1NCCC2. The van der Waals surface area contributed by atoms with E-state index in [4.69, 9.17) is 4.74 Å². The first-order valence-electron chi connectivity index (χ1n) is 6.46. The van der Waals surface area contributed by atoms with E-state index in [9.17, 15) is 0 Å². The summed E-state index contributed by atoms with van der Waals surface area (Å²) in [6, 6.07) is 6.60. The van der Waals surface area contributed by atoms with Crippen molar-refractivity contribution in [2.24, 2.45) is 0 Å². The summed E-state index contributed by atoms with van der Waals surface area (Å²) in [6.45, 7) is 6.02. The molecule has 0 saturated carbocycles. The van der Waals surface area contributed by atoms with Crippen molar-refractivity contribution in [2.45, 2.75) is 19.8 Å². The van der Waals surface area contributed by atoms with Crippen LogP contribution in [-0.4, -0.2) is 33.4 Å². The first-order valence-corrected chi connectivity index (χ1v) is 6.46. The number of fused-ring (bicyclic) bond motifs is 1. The molecule has 1 aliphatic rings. The highest BCUT2D eigenvalue weighted by Gasteiger charge is 2.15. The van der Waals surface area contributed by atoms with Crippen LogP contribution in [0.15, 0.2) is 18.2 Å². The molecule has 0 aromatic heterocycles. The maximum Gasteiger partial charge on any atom is 0.0637 e. The number of methoxy groups -OCH3 is 1. The van der Waals surface area contributed by atoms with Crippen molar-refractivity contribution >= 4 is 11.4 Å². The molecule has 0 atom stereocenters. The molecule has 3 heteroatoms. The molecule has 0 spiro atoms. The summed E-state index contributed by atoms with van der Waals surface area (Å²) in [5, 5.41) is 3.54. The second-order valence-electron chi connectivity index (χ2n) is 4.41. The Kier molecular flexibility index (Phi) is 4.26. The third kappa shape index (κ3) is 2.72. The van der Waals surface area contributed by atoms with Crippen LogP contribution >= 0.6 is 0 Å². The molecule has 0 radical (unpaired) electrons. The molecule has 1 N–H and O–H groups in total. The summed E-state index contributed by atoms with van der Waals surface area (Å²) in [5.74, 6) is 0. The third-order valence-electron chi connectivity index (χ3n) is 3.34. The number of nitrogens with zero attached hydrogens (tertiary/aromatic N) is 1. The van der Waals surface area contributed by atoms with Gasteiger partial charge in [0.05, 0.1) is 18.0 Å². The average molecular weight is 234 g/mol. The van der Waals surface area contributed by atoms with Crippen LogP contribution in [0.25, 0.3) is 0 Å². The molecule has 1 aromatic carbocycles. The first kappa shape index (κ1) is 12.2.